The minimum Gasteiger partial charge on any atom is -0.482 e. The Kier molecular flexibility index (Phi) is 6.08. The van der Waals surface area contributed by atoms with Crippen LogP contribution in [0.25, 0.3) is 0 Å². The van der Waals surface area contributed by atoms with Crippen molar-refractivity contribution in [2.75, 3.05) is 24.6 Å². The predicted octanol–water partition coefficient (Wildman–Crippen LogP) is 2.41. The van der Waals surface area contributed by atoms with Crippen LogP contribution in [0.3, 0.4) is 0 Å². The van der Waals surface area contributed by atoms with E-state index in [-0.39, 0.29) is 43.5 Å². The van der Waals surface area contributed by atoms with Gasteiger partial charge in [-0.1, -0.05) is 18.2 Å². The number of nitriles is 1. The molecule has 30 heavy (non-hydrogen) atoms. The van der Waals surface area contributed by atoms with Crippen LogP contribution < -0.4 is 9.64 Å². The van der Waals surface area contributed by atoms with Gasteiger partial charge in [0.05, 0.1) is 22.2 Å². The first-order chi connectivity index (χ1) is 14.4. The molecule has 1 aliphatic rings. The van der Waals surface area contributed by atoms with Gasteiger partial charge in [-0.15, -0.1) is 6.58 Å². The SMILES string of the molecule is C=CCN(Cc1ccc(C#N)cc1)C(=O)CN1C(=O)COc2ccc([N+](=O)[O-])cc21. The van der Waals surface area contributed by atoms with Crippen LogP contribution in [0.2, 0.25) is 0 Å². The third kappa shape index (κ3) is 4.44. The van der Waals surface area contributed by atoms with Gasteiger partial charge in [-0.25, -0.2) is 0 Å². The third-order valence-corrected chi connectivity index (χ3v) is 4.55. The molecule has 152 valence electrons. The maximum absolute atomic E-state index is 13.0. The molecule has 9 heteroatoms. The Morgan fingerprint density at radius 1 is 1.33 bits per heavy atom. The van der Waals surface area contributed by atoms with E-state index >= 15 is 0 Å². The van der Waals surface area contributed by atoms with Gasteiger partial charge >= 0.3 is 0 Å². The number of anilines is 1. The highest BCUT2D eigenvalue weighted by Gasteiger charge is 2.30. The van der Waals surface area contributed by atoms with E-state index in [0.717, 1.165) is 5.56 Å². The minimum atomic E-state index is -0.575. The monoisotopic (exact) mass is 406 g/mol. The number of fused-ring (bicyclic) bond motifs is 1. The summed E-state index contributed by atoms with van der Waals surface area (Å²) in [6.45, 7) is 3.63. The first-order valence-electron chi connectivity index (χ1n) is 9.02. The molecule has 0 bridgehead atoms. The number of nitro benzene ring substituents is 1. The van der Waals surface area contributed by atoms with Crippen LogP contribution in [-0.4, -0.2) is 41.3 Å². The van der Waals surface area contributed by atoms with E-state index < -0.39 is 10.8 Å². The lowest BCUT2D eigenvalue weighted by Gasteiger charge is -2.31. The summed E-state index contributed by atoms with van der Waals surface area (Å²) in [4.78, 5) is 38.6. The number of hydrogen-bond acceptors (Lipinski definition) is 6. The zero-order valence-electron chi connectivity index (χ0n) is 16.0. The first kappa shape index (κ1) is 20.5. The molecular weight excluding hydrogens is 388 g/mol. The van der Waals surface area contributed by atoms with Gasteiger partial charge in [0.15, 0.2) is 6.61 Å². The maximum Gasteiger partial charge on any atom is 0.271 e. The number of carbonyl (C=O) groups is 2. The van der Waals surface area contributed by atoms with E-state index in [1.807, 2.05) is 6.07 Å². The van der Waals surface area contributed by atoms with Crippen molar-refractivity contribution in [3.05, 3.63) is 76.4 Å². The van der Waals surface area contributed by atoms with Crippen LogP contribution in [0.1, 0.15) is 11.1 Å². The number of hydrogen-bond donors (Lipinski definition) is 0. The summed E-state index contributed by atoms with van der Waals surface area (Å²) in [6, 6.07) is 12.8. The second-order valence-electron chi connectivity index (χ2n) is 6.55. The van der Waals surface area contributed by atoms with Crippen molar-refractivity contribution >= 4 is 23.2 Å². The Bertz CT molecular complexity index is 1040. The smallest absolute Gasteiger partial charge is 0.271 e. The lowest BCUT2D eigenvalue weighted by molar-refractivity contribution is -0.384. The number of non-ortho nitro benzene ring substituents is 1. The van der Waals surface area contributed by atoms with Gasteiger partial charge in [-0.2, -0.15) is 5.26 Å². The van der Waals surface area contributed by atoms with E-state index in [0.29, 0.717) is 11.3 Å². The molecule has 0 aromatic heterocycles. The molecule has 3 rings (SSSR count). The zero-order chi connectivity index (χ0) is 21.7. The number of carbonyl (C=O) groups excluding carboxylic acids is 2. The topological polar surface area (TPSA) is 117 Å². The van der Waals surface area contributed by atoms with Crippen molar-refractivity contribution in [3.8, 4) is 11.8 Å². The van der Waals surface area contributed by atoms with Gasteiger partial charge in [-0.3, -0.25) is 24.6 Å². The molecule has 2 aromatic carbocycles. The standard InChI is InChI=1S/C21H18N4O5/c1-2-9-23(12-16-5-3-15(11-22)4-6-16)20(26)13-24-18-10-17(25(28)29)7-8-19(18)30-14-21(24)27/h2-8,10H,1,9,12-14H2. The number of nitrogens with zero attached hydrogens (tertiary/aromatic N) is 4. The quantitative estimate of drug-likeness (QED) is 0.396. The van der Waals surface area contributed by atoms with Crippen LogP contribution in [0.5, 0.6) is 5.75 Å². The van der Waals surface area contributed by atoms with E-state index in [2.05, 4.69) is 6.58 Å². The molecule has 0 aliphatic carbocycles. The fourth-order valence-corrected chi connectivity index (χ4v) is 3.03. The van der Waals surface area contributed by atoms with Crippen molar-refractivity contribution in [2.45, 2.75) is 6.54 Å². The third-order valence-electron chi connectivity index (χ3n) is 4.55. The Labute approximate surface area is 172 Å². The Morgan fingerprint density at radius 2 is 2.07 bits per heavy atom. The number of amides is 2. The van der Waals surface area contributed by atoms with Gasteiger partial charge in [0.25, 0.3) is 11.6 Å². The first-order valence-corrected chi connectivity index (χ1v) is 9.02. The fraction of sp³-hybridized carbons (Fsp3) is 0.190. The molecule has 0 fully saturated rings. The summed E-state index contributed by atoms with van der Waals surface area (Å²) in [5.74, 6) is -0.518. The van der Waals surface area contributed by atoms with Crippen LogP contribution in [0.15, 0.2) is 55.1 Å². The van der Waals surface area contributed by atoms with Crippen molar-refractivity contribution in [2.24, 2.45) is 0 Å². The fourth-order valence-electron chi connectivity index (χ4n) is 3.03. The van der Waals surface area contributed by atoms with E-state index in [1.54, 1.807) is 30.3 Å². The van der Waals surface area contributed by atoms with E-state index in [4.69, 9.17) is 10.00 Å². The Hall–Kier alpha value is -4.19. The van der Waals surface area contributed by atoms with Crippen LogP contribution in [-0.2, 0) is 16.1 Å². The second kappa shape index (κ2) is 8.87. The number of ether oxygens (including phenoxy) is 1. The molecule has 9 nitrogen and oxygen atoms in total. The molecular formula is C21H18N4O5. The summed E-state index contributed by atoms with van der Waals surface area (Å²) < 4.78 is 5.33. The van der Waals surface area contributed by atoms with Gasteiger partial charge in [0.2, 0.25) is 5.91 Å². The van der Waals surface area contributed by atoms with Crippen LogP contribution in [0, 0.1) is 21.4 Å². The van der Waals surface area contributed by atoms with Gasteiger partial charge in [0, 0.05) is 25.2 Å². The molecule has 0 saturated carbocycles. The van der Waals surface area contributed by atoms with Crippen LogP contribution >= 0.6 is 0 Å². The van der Waals surface area contributed by atoms with Gasteiger partial charge in [0.1, 0.15) is 12.3 Å². The predicted molar refractivity (Wildman–Crippen MR) is 108 cm³/mol. The largest absolute Gasteiger partial charge is 0.482 e. The van der Waals surface area contributed by atoms with E-state index in [1.165, 1.54) is 28.0 Å². The molecule has 1 aliphatic heterocycles. The highest BCUT2D eigenvalue weighted by molar-refractivity contribution is 6.02. The second-order valence-corrected chi connectivity index (χ2v) is 6.55. The average molecular weight is 406 g/mol. The van der Waals surface area contributed by atoms with Crippen molar-refractivity contribution in [1.29, 1.82) is 5.26 Å². The molecule has 0 unspecified atom stereocenters. The average Bonchev–Trinajstić information content (AvgIpc) is 2.75. The lowest BCUT2D eigenvalue weighted by Crippen LogP contribution is -2.46. The molecule has 0 radical (unpaired) electrons. The molecule has 0 N–H and O–H groups in total. The van der Waals surface area contributed by atoms with Gasteiger partial charge in [-0.05, 0) is 23.8 Å². The molecule has 0 saturated heterocycles. The molecule has 0 atom stereocenters. The lowest BCUT2D eigenvalue weighted by atomic mass is 10.1. The molecule has 2 amide bonds. The molecule has 0 spiro atoms. The normalized spacial score (nSPS) is 12.4. The number of nitro groups is 1. The molecule has 1 heterocycles. The summed E-state index contributed by atoms with van der Waals surface area (Å²) >= 11 is 0. The summed E-state index contributed by atoms with van der Waals surface area (Å²) in [5.41, 5.74) is 1.31. The highest BCUT2D eigenvalue weighted by Crippen LogP contribution is 2.35. The van der Waals surface area contributed by atoms with Gasteiger partial charge < -0.3 is 9.64 Å². The maximum atomic E-state index is 13.0. The van der Waals surface area contributed by atoms with Crippen molar-refractivity contribution in [3.63, 3.8) is 0 Å². The van der Waals surface area contributed by atoms with Crippen molar-refractivity contribution < 1.29 is 19.2 Å². The summed E-state index contributed by atoms with van der Waals surface area (Å²) in [5, 5.41) is 20.0. The zero-order valence-corrected chi connectivity index (χ0v) is 16.0. The van der Waals surface area contributed by atoms with Crippen molar-refractivity contribution in [1.82, 2.24) is 4.90 Å². The molecule has 2 aromatic rings. The van der Waals surface area contributed by atoms with E-state index in [9.17, 15) is 19.7 Å². The highest BCUT2D eigenvalue weighted by atomic mass is 16.6. The Balaban J connectivity index is 1.82. The summed E-state index contributed by atoms with van der Waals surface area (Å²) in [7, 11) is 0. The minimum absolute atomic E-state index is 0.186. The Morgan fingerprint density at radius 3 is 2.70 bits per heavy atom. The summed E-state index contributed by atoms with van der Waals surface area (Å²) in [6.07, 6.45) is 1.57. The number of rotatable bonds is 7. The van der Waals surface area contributed by atoms with Crippen LogP contribution in [0.4, 0.5) is 11.4 Å². The number of benzene rings is 2.